The molecule has 2 aromatic heterocycles. The number of morpholine rings is 1. The highest BCUT2D eigenvalue weighted by Gasteiger charge is 2.21. The average Bonchev–Trinajstić information content (AvgIpc) is 2.84. The summed E-state index contributed by atoms with van der Waals surface area (Å²) in [4.78, 5) is 7.16. The van der Waals surface area contributed by atoms with Gasteiger partial charge in [-0.25, -0.2) is 4.98 Å². The third-order valence-corrected chi connectivity index (χ3v) is 3.70. The predicted molar refractivity (Wildman–Crippen MR) is 84.8 cm³/mol. The zero-order valence-electron chi connectivity index (χ0n) is 13.1. The van der Waals surface area contributed by atoms with Crippen LogP contribution in [0.3, 0.4) is 0 Å². The second-order valence-electron chi connectivity index (χ2n) is 6.51. The number of hydrogen-bond donors (Lipinski definition) is 1. The van der Waals surface area contributed by atoms with Crippen LogP contribution in [0.15, 0.2) is 24.4 Å². The fourth-order valence-electron chi connectivity index (χ4n) is 2.58. The predicted octanol–water partition coefficient (Wildman–Crippen LogP) is 2.06. The van der Waals surface area contributed by atoms with Gasteiger partial charge in [-0.1, -0.05) is 6.07 Å². The maximum atomic E-state index is 5.46. The van der Waals surface area contributed by atoms with E-state index in [9.17, 15) is 0 Å². The molecule has 1 saturated heterocycles. The molecule has 1 aliphatic rings. The molecular formula is C16H24N4O. The fraction of sp³-hybridized carbons (Fsp3) is 0.562. The lowest BCUT2D eigenvalue weighted by Gasteiger charge is -2.28. The van der Waals surface area contributed by atoms with E-state index < -0.39 is 0 Å². The van der Waals surface area contributed by atoms with Crippen LogP contribution in [0.1, 0.15) is 26.5 Å². The van der Waals surface area contributed by atoms with Crippen molar-refractivity contribution in [1.82, 2.24) is 14.7 Å². The minimum atomic E-state index is 0.0845. The quantitative estimate of drug-likeness (QED) is 0.939. The van der Waals surface area contributed by atoms with Crippen molar-refractivity contribution in [2.24, 2.45) is 0 Å². The maximum absolute atomic E-state index is 5.46. The van der Waals surface area contributed by atoms with Crippen molar-refractivity contribution in [2.75, 3.05) is 31.2 Å². The molecule has 0 aromatic carbocycles. The van der Waals surface area contributed by atoms with E-state index in [4.69, 9.17) is 9.72 Å². The number of rotatable bonds is 3. The molecule has 2 aromatic rings. The molecule has 3 rings (SSSR count). The van der Waals surface area contributed by atoms with Crippen molar-refractivity contribution in [1.29, 1.82) is 0 Å². The first-order valence-corrected chi connectivity index (χ1v) is 7.58. The summed E-state index contributed by atoms with van der Waals surface area (Å²) < 4.78 is 7.64. The molecule has 0 atom stereocenters. The topological polar surface area (TPSA) is 41.8 Å². The Morgan fingerprint density at radius 1 is 1.24 bits per heavy atom. The largest absolute Gasteiger partial charge is 0.378 e. The molecule has 0 saturated carbocycles. The van der Waals surface area contributed by atoms with Gasteiger partial charge in [-0.15, -0.1) is 0 Å². The smallest absolute Gasteiger partial charge is 0.152 e. The SMILES string of the molecule is CC(C)(C)NCc1c(N2CCOCC2)nc2ccccn12. The molecule has 0 radical (unpaired) electrons. The van der Waals surface area contributed by atoms with Gasteiger partial charge in [0.1, 0.15) is 5.65 Å². The van der Waals surface area contributed by atoms with Gasteiger partial charge in [0.15, 0.2) is 5.82 Å². The van der Waals surface area contributed by atoms with Crippen LogP contribution >= 0.6 is 0 Å². The summed E-state index contributed by atoms with van der Waals surface area (Å²) in [7, 11) is 0. The van der Waals surface area contributed by atoms with E-state index in [2.05, 4.69) is 53.7 Å². The third kappa shape index (κ3) is 3.19. The summed E-state index contributed by atoms with van der Waals surface area (Å²) >= 11 is 0. The zero-order chi connectivity index (χ0) is 14.9. The van der Waals surface area contributed by atoms with Gasteiger partial charge in [0.2, 0.25) is 0 Å². The molecule has 0 amide bonds. The van der Waals surface area contributed by atoms with Crippen LogP contribution in [0.25, 0.3) is 5.65 Å². The molecule has 1 N–H and O–H groups in total. The van der Waals surface area contributed by atoms with Crippen molar-refractivity contribution < 1.29 is 4.74 Å². The molecule has 5 nitrogen and oxygen atoms in total. The highest BCUT2D eigenvalue weighted by Crippen LogP contribution is 2.23. The Labute approximate surface area is 125 Å². The Hall–Kier alpha value is -1.59. The lowest BCUT2D eigenvalue weighted by molar-refractivity contribution is 0.122. The molecule has 3 heterocycles. The first kappa shape index (κ1) is 14.4. The van der Waals surface area contributed by atoms with Crippen molar-refractivity contribution >= 4 is 11.5 Å². The van der Waals surface area contributed by atoms with E-state index in [1.807, 2.05) is 6.07 Å². The molecule has 114 valence electrons. The average molecular weight is 288 g/mol. The number of hydrogen-bond acceptors (Lipinski definition) is 4. The highest BCUT2D eigenvalue weighted by molar-refractivity contribution is 5.56. The lowest BCUT2D eigenvalue weighted by atomic mass is 10.1. The third-order valence-electron chi connectivity index (χ3n) is 3.70. The second kappa shape index (κ2) is 5.66. The molecule has 0 aliphatic carbocycles. The second-order valence-corrected chi connectivity index (χ2v) is 6.51. The Balaban J connectivity index is 1.97. The molecule has 1 aliphatic heterocycles. The van der Waals surface area contributed by atoms with Gasteiger partial charge in [-0.3, -0.25) is 0 Å². The standard InChI is InChI=1S/C16H24N4O/c1-16(2,3)17-12-13-15(19-8-10-21-11-9-19)18-14-6-4-5-7-20(13)14/h4-7,17H,8-12H2,1-3H3. The minimum absolute atomic E-state index is 0.0845. The number of imidazole rings is 1. The Bertz CT molecular complexity index is 608. The van der Waals surface area contributed by atoms with Crippen molar-refractivity contribution in [3.8, 4) is 0 Å². The number of ether oxygens (including phenoxy) is 1. The summed E-state index contributed by atoms with van der Waals surface area (Å²) in [6, 6.07) is 6.15. The number of aromatic nitrogens is 2. The van der Waals surface area contributed by atoms with Gasteiger partial charge < -0.3 is 19.4 Å². The van der Waals surface area contributed by atoms with Gasteiger partial charge in [0.05, 0.1) is 18.9 Å². The normalized spacial score (nSPS) is 16.6. The molecule has 1 fully saturated rings. The Morgan fingerprint density at radius 3 is 2.71 bits per heavy atom. The van der Waals surface area contributed by atoms with Crippen LogP contribution in [-0.2, 0) is 11.3 Å². The monoisotopic (exact) mass is 288 g/mol. The van der Waals surface area contributed by atoms with Crippen LogP contribution < -0.4 is 10.2 Å². The van der Waals surface area contributed by atoms with E-state index >= 15 is 0 Å². The van der Waals surface area contributed by atoms with Crippen LogP contribution in [0, 0.1) is 0 Å². The molecule has 0 unspecified atom stereocenters. The van der Waals surface area contributed by atoms with Gasteiger partial charge in [0.25, 0.3) is 0 Å². The van der Waals surface area contributed by atoms with Gasteiger partial charge in [0, 0.05) is 31.4 Å². The fourth-order valence-corrected chi connectivity index (χ4v) is 2.58. The molecule has 0 bridgehead atoms. The number of anilines is 1. The summed E-state index contributed by atoms with van der Waals surface area (Å²) in [6.07, 6.45) is 2.09. The van der Waals surface area contributed by atoms with E-state index in [-0.39, 0.29) is 5.54 Å². The number of nitrogens with zero attached hydrogens (tertiary/aromatic N) is 3. The van der Waals surface area contributed by atoms with Crippen LogP contribution in [-0.4, -0.2) is 41.2 Å². The first-order chi connectivity index (χ1) is 10.0. The molecule has 0 spiro atoms. The van der Waals surface area contributed by atoms with E-state index in [0.717, 1.165) is 44.3 Å². The van der Waals surface area contributed by atoms with E-state index in [1.54, 1.807) is 0 Å². The van der Waals surface area contributed by atoms with Crippen LogP contribution in [0.2, 0.25) is 0 Å². The van der Waals surface area contributed by atoms with Crippen molar-refractivity contribution in [3.63, 3.8) is 0 Å². The summed E-state index contributed by atoms with van der Waals surface area (Å²) in [5.41, 5.74) is 2.31. The van der Waals surface area contributed by atoms with E-state index in [0.29, 0.717) is 0 Å². The highest BCUT2D eigenvalue weighted by atomic mass is 16.5. The van der Waals surface area contributed by atoms with Crippen molar-refractivity contribution in [2.45, 2.75) is 32.9 Å². The number of nitrogens with one attached hydrogen (secondary N) is 1. The van der Waals surface area contributed by atoms with Gasteiger partial charge in [-0.05, 0) is 32.9 Å². The molecule has 5 heteroatoms. The summed E-state index contributed by atoms with van der Waals surface area (Å²) in [6.45, 7) is 10.7. The van der Waals surface area contributed by atoms with E-state index in [1.165, 1.54) is 5.69 Å². The minimum Gasteiger partial charge on any atom is -0.378 e. The number of fused-ring (bicyclic) bond motifs is 1. The van der Waals surface area contributed by atoms with Gasteiger partial charge >= 0.3 is 0 Å². The van der Waals surface area contributed by atoms with Gasteiger partial charge in [-0.2, -0.15) is 0 Å². The van der Waals surface area contributed by atoms with Crippen molar-refractivity contribution in [3.05, 3.63) is 30.1 Å². The summed E-state index contributed by atoms with van der Waals surface area (Å²) in [5.74, 6) is 1.08. The summed E-state index contributed by atoms with van der Waals surface area (Å²) in [5, 5.41) is 3.58. The number of pyridine rings is 1. The molecular weight excluding hydrogens is 264 g/mol. The Kier molecular flexibility index (Phi) is 3.87. The maximum Gasteiger partial charge on any atom is 0.152 e. The first-order valence-electron chi connectivity index (χ1n) is 7.58. The Morgan fingerprint density at radius 2 is 2.00 bits per heavy atom. The van der Waals surface area contributed by atoms with Crippen LogP contribution in [0.5, 0.6) is 0 Å². The van der Waals surface area contributed by atoms with Crippen LogP contribution in [0.4, 0.5) is 5.82 Å². The zero-order valence-corrected chi connectivity index (χ0v) is 13.1. The molecule has 21 heavy (non-hydrogen) atoms. The lowest BCUT2D eigenvalue weighted by Crippen LogP contribution is -2.39.